The third-order valence-electron chi connectivity index (χ3n) is 4.25. The van der Waals surface area contributed by atoms with Crippen LogP contribution in [0, 0.1) is 0 Å². The van der Waals surface area contributed by atoms with E-state index in [-0.39, 0.29) is 0 Å². The standard InChI is InChI=1S/C20H26N6OS/c1-5-26-18(25-17-9-8-14(12-22-17)20(2,3)27)11-15(13-23-26)24-19-16(28-4)7-6-10-21-19/h6-13,23,27H,5H2,1-4H3,(H,21,24)(H,22,25). The van der Waals surface area contributed by atoms with Crippen LogP contribution in [0.3, 0.4) is 0 Å². The molecular formula is C20H26N6OS. The van der Waals surface area contributed by atoms with E-state index < -0.39 is 5.60 Å². The molecule has 1 aliphatic rings. The smallest absolute Gasteiger partial charge is 0.144 e. The molecule has 0 bridgehead atoms. The minimum absolute atomic E-state index is 0.698. The summed E-state index contributed by atoms with van der Waals surface area (Å²) < 4.78 is 0. The first kappa shape index (κ1) is 20.0. The van der Waals surface area contributed by atoms with E-state index in [0.717, 1.165) is 34.3 Å². The second-order valence-electron chi connectivity index (χ2n) is 6.80. The number of nitrogens with one attached hydrogen (secondary N) is 3. The monoisotopic (exact) mass is 398 g/mol. The van der Waals surface area contributed by atoms with Gasteiger partial charge in [-0.15, -0.1) is 11.8 Å². The first-order chi connectivity index (χ1) is 13.4. The number of pyridine rings is 2. The van der Waals surface area contributed by atoms with Gasteiger partial charge in [-0.3, -0.25) is 5.01 Å². The number of thioether (sulfide) groups is 1. The fourth-order valence-corrected chi connectivity index (χ4v) is 3.18. The number of nitrogens with zero attached hydrogens (tertiary/aromatic N) is 3. The van der Waals surface area contributed by atoms with Crippen LogP contribution in [0.2, 0.25) is 0 Å². The summed E-state index contributed by atoms with van der Waals surface area (Å²) in [5.41, 5.74) is 4.00. The molecule has 0 saturated carbocycles. The zero-order chi connectivity index (χ0) is 20.1. The van der Waals surface area contributed by atoms with Crippen LogP contribution in [0.1, 0.15) is 26.3 Å². The predicted molar refractivity (Wildman–Crippen MR) is 114 cm³/mol. The van der Waals surface area contributed by atoms with Gasteiger partial charge in [-0.1, -0.05) is 6.07 Å². The molecule has 7 nitrogen and oxygen atoms in total. The summed E-state index contributed by atoms with van der Waals surface area (Å²) in [5, 5.41) is 18.8. The maximum absolute atomic E-state index is 10.1. The van der Waals surface area contributed by atoms with Crippen LogP contribution in [0.5, 0.6) is 0 Å². The Balaban J connectivity index is 1.78. The topological polar surface area (TPSA) is 85.3 Å². The van der Waals surface area contributed by atoms with Crippen molar-refractivity contribution in [3.63, 3.8) is 0 Å². The van der Waals surface area contributed by atoms with E-state index in [2.05, 4.69) is 33.0 Å². The Hall–Kier alpha value is -2.71. The maximum atomic E-state index is 10.1. The molecule has 148 valence electrons. The molecule has 0 fully saturated rings. The van der Waals surface area contributed by atoms with Crippen molar-refractivity contribution in [3.05, 3.63) is 66.0 Å². The van der Waals surface area contributed by atoms with Gasteiger partial charge in [-0.05, 0) is 45.2 Å². The lowest BCUT2D eigenvalue weighted by Crippen LogP contribution is -2.39. The normalized spacial score (nSPS) is 14.1. The first-order valence-electron chi connectivity index (χ1n) is 9.08. The van der Waals surface area contributed by atoms with Crippen molar-refractivity contribution < 1.29 is 5.11 Å². The van der Waals surface area contributed by atoms with Gasteiger partial charge in [0.25, 0.3) is 0 Å². The van der Waals surface area contributed by atoms with E-state index in [4.69, 9.17) is 0 Å². The number of hydrazine groups is 1. The average Bonchev–Trinajstić information content (AvgIpc) is 2.68. The molecule has 3 heterocycles. The number of allylic oxidation sites excluding steroid dienone is 1. The fraction of sp³-hybridized carbons (Fsp3) is 0.300. The summed E-state index contributed by atoms with van der Waals surface area (Å²) >= 11 is 1.65. The van der Waals surface area contributed by atoms with E-state index in [9.17, 15) is 5.11 Å². The molecular weight excluding hydrogens is 372 g/mol. The van der Waals surface area contributed by atoms with Crippen LogP contribution in [0.25, 0.3) is 0 Å². The highest BCUT2D eigenvalue weighted by atomic mass is 32.2. The van der Waals surface area contributed by atoms with Gasteiger partial charge >= 0.3 is 0 Å². The van der Waals surface area contributed by atoms with Gasteiger partial charge in [0.05, 0.1) is 11.3 Å². The van der Waals surface area contributed by atoms with E-state index in [1.165, 1.54) is 0 Å². The van der Waals surface area contributed by atoms with E-state index in [1.54, 1.807) is 38.0 Å². The van der Waals surface area contributed by atoms with Crippen molar-refractivity contribution in [3.8, 4) is 0 Å². The molecule has 2 aromatic rings. The molecule has 2 aromatic heterocycles. The quantitative estimate of drug-likeness (QED) is 0.528. The molecule has 28 heavy (non-hydrogen) atoms. The van der Waals surface area contributed by atoms with Crippen LogP contribution in [0.15, 0.2) is 65.3 Å². The van der Waals surface area contributed by atoms with Crippen LogP contribution in [-0.4, -0.2) is 32.9 Å². The van der Waals surface area contributed by atoms with Gasteiger partial charge < -0.3 is 21.2 Å². The van der Waals surface area contributed by atoms with Crippen molar-refractivity contribution in [2.75, 3.05) is 23.4 Å². The average molecular weight is 399 g/mol. The summed E-state index contributed by atoms with van der Waals surface area (Å²) in [6.45, 7) is 6.31. The Morgan fingerprint density at radius 2 is 2.04 bits per heavy atom. The molecule has 4 N–H and O–H groups in total. The number of aliphatic hydroxyl groups is 1. The Bertz CT molecular complexity index is 873. The molecule has 0 aromatic carbocycles. The highest BCUT2D eigenvalue weighted by Crippen LogP contribution is 2.25. The summed E-state index contributed by atoms with van der Waals surface area (Å²) in [4.78, 5) is 9.92. The maximum Gasteiger partial charge on any atom is 0.144 e. The second-order valence-corrected chi connectivity index (χ2v) is 7.65. The zero-order valence-electron chi connectivity index (χ0n) is 16.5. The molecule has 8 heteroatoms. The van der Waals surface area contributed by atoms with Crippen molar-refractivity contribution in [2.24, 2.45) is 0 Å². The van der Waals surface area contributed by atoms with Gasteiger partial charge in [-0.25, -0.2) is 9.97 Å². The summed E-state index contributed by atoms with van der Waals surface area (Å²) in [5.74, 6) is 2.37. The van der Waals surface area contributed by atoms with E-state index >= 15 is 0 Å². The van der Waals surface area contributed by atoms with Crippen LogP contribution < -0.4 is 16.1 Å². The summed E-state index contributed by atoms with van der Waals surface area (Å²) in [6.07, 6.45) is 9.39. The third kappa shape index (κ3) is 4.76. The number of hydrogen-bond acceptors (Lipinski definition) is 8. The van der Waals surface area contributed by atoms with Crippen LogP contribution >= 0.6 is 11.8 Å². The Morgan fingerprint density at radius 3 is 2.68 bits per heavy atom. The Kier molecular flexibility index (Phi) is 6.11. The highest BCUT2D eigenvalue weighted by molar-refractivity contribution is 7.98. The molecule has 0 atom stereocenters. The number of hydrogen-bond donors (Lipinski definition) is 4. The highest BCUT2D eigenvalue weighted by Gasteiger charge is 2.17. The van der Waals surface area contributed by atoms with Crippen molar-refractivity contribution in [1.29, 1.82) is 0 Å². The molecule has 0 spiro atoms. The predicted octanol–water partition coefficient (Wildman–Crippen LogP) is 3.47. The Morgan fingerprint density at radius 1 is 1.21 bits per heavy atom. The molecule has 0 saturated heterocycles. The molecule has 0 radical (unpaired) electrons. The lowest BCUT2D eigenvalue weighted by atomic mass is 10.0. The SMILES string of the molecule is CCN1NC=C(Nc2ncccc2SC)C=C1Nc1ccc(C(C)(C)O)cn1. The van der Waals surface area contributed by atoms with Crippen LogP contribution in [0.4, 0.5) is 11.6 Å². The number of anilines is 2. The minimum Gasteiger partial charge on any atom is -0.386 e. The largest absolute Gasteiger partial charge is 0.386 e. The van der Waals surface area contributed by atoms with Crippen molar-refractivity contribution in [1.82, 2.24) is 20.4 Å². The van der Waals surface area contributed by atoms with Gasteiger partial charge in [0.1, 0.15) is 17.5 Å². The third-order valence-corrected chi connectivity index (χ3v) is 5.02. The van der Waals surface area contributed by atoms with Crippen molar-refractivity contribution in [2.45, 2.75) is 31.3 Å². The lowest BCUT2D eigenvalue weighted by molar-refractivity contribution is 0.0782. The number of rotatable bonds is 7. The fourth-order valence-electron chi connectivity index (χ4n) is 2.67. The lowest BCUT2D eigenvalue weighted by Gasteiger charge is -2.30. The van der Waals surface area contributed by atoms with Gasteiger partial charge in [0, 0.05) is 41.7 Å². The molecule has 3 rings (SSSR count). The van der Waals surface area contributed by atoms with Gasteiger partial charge in [0.15, 0.2) is 0 Å². The van der Waals surface area contributed by atoms with Gasteiger partial charge in [0.2, 0.25) is 0 Å². The minimum atomic E-state index is -0.913. The molecule has 0 unspecified atom stereocenters. The van der Waals surface area contributed by atoms with Crippen LogP contribution in [-0.2, 0) is 5.60 Å². The molecule has 0 aliphatic carbocycles. The van der Waals surface area contributed by atoms with E-state index in [1.807, 2.05) is 47.8 Å². The summed E-state index contributed by atoms with van der Waals surface area (Å²) in [6, 6.07) is 7.69. The molecule has 0 amide bonds. The van der Waals surface area contributed by atoms with E-state index in [0.29, 0.717) is 5.82 Å². The molecule has 1 aliphatic heterocycles. The second kappa shape index (κ2) is 8.53. The first-order valence-corrected chi connectivity index (χ1v) is 10.3. The van der Waals surface area contributed by atoms with Gasteiger partial charge in [-0.2, -0.15) is 0 Å². The zero-order valence-corrected chi connectivity index (χ0v) is 17.3. The number of aromatic nitrogens is 2. The van der Waals surface area contributed by atoms with Crippen molar-refractivity contribution >= 4 is 23.4 Å². The Labute approximate surface area is 169 Å². The summed E-state index contributed by atoms with van der Waals surface area (Å²) in [7, 11) is 0.